The van der Waals surface area contributed by atoms with E-state index in [0.29, 0.717) is 32.1 Å². The van der Waals surface area contributed by atoms with E-state index in [4.69, 9.17) is 4.74 Å². The number of ether oxygens (including phenoxy) is 1. The molecule has 0 spiro atoms. The standard InChI is InChI=1S/C16H21N3O2S/c1-2-21-11-13-8-18(10-14-7-17-12-19(14)9-13)16(20)6-15-4-3-5-22-15/h3-5,7,12-13H,2,6,8-11H2,1H3/t13-/m1/s1. The highest BCUT2D eigenvalue weighted by Gasteiger charge is 2.25. The summed E-state index contributed by atoms with van der Waals surface area (Å²) in [6, 6.07) is 4.00. The summed E-state index contributed by atoms with van der Waals surface area (Å²) in [6.07, 6.45) is 4.18. The van der Waals surface area contributed by atoms with Crippen LogP contribution in [0.5, 0.6) is 0 Å². The minimum atomic E-state index is 0.179. The van der Waals surface area contributed by atoms with Gasteiger partial charge in [0.05, 0.1) is 31.6 Å². The van der Waals surface area contributed by atoms with E-state index < -0.39 is 0 Å². The largest absolute Gasteiger partial charge is 0.381 e. The van der Waals surface area contributed by atoms with Gasteiger partial charge in [0.25, 0.3) is 0 Å². The first-order valence-electron chi connectivity index (χ1n) is 7.63. The van der Waals surface area contributed by atoms with Gasteiger partial charge in [-0.3, -0.25) is 4.79 Å². The molecular weight excluding hydrogens is 298 g/mol. The van der Waals surface area contributed by atoms with Crippen LogP contribution >= 0.6 is 11.3 Å². The lowest BCUT2D eigenvalue weighted by molar-refractivity contribution is -0.131. The maximum atomic E-state index is 12.6. The first-order valence-corrected chi connectivity index (χ1v) is 8.51. The Bertz CT molecular complexity index is 609. The van der Waals surface area contributed by atoms with E-state index in [-0.39, 0.29) is 5.91 Å². The predicted molar refractivity (Wildman–Crippen MR) is 85.7 cm³/mol. The zero-order valence-corrected chi connectivity index (χ0v) is 13.6. The third kappa shape index (κ3) is 3.56. The zero-order chi connectivity index (χ0) is 15.4. The molecule has 6 heteroatoms. The van der Waals surface area contributed by atoms with E-state index in [1.807, 2.05) is 41.9 Å². The van der Waals surface area contributed by atoms with Gasteiger partial charge < -0.3 is 14.2 Å². The second-order valence-corrected chi connectivity index (χ2v) is 6.63. The average Bonchev–Trinajstić information content (AvgIpc) is 3.13. The van der Waals surface area contributed by atoms with Gasteiger partial charge in [0.2, 0.25) is 5.91 Å². The molecule has 1 aliphatic rings. The molecule has 2 aromatic rings. The summed E-state index contributed by atoms with van der Waals surface area (Å²) in [4.78, 5) is 19.9. The van der Waals surface area contributed by atoms with Crippen LogP contribution in [0.15, 0.2) is 30.0 Å². The number of imidazole rings is 1. The van der Waals surface area contributed by atoms with E-state index in [9.17, 15) is 4.79 Å². The summed E-state index contributed by atoms with van der Waals surface area (Å²) in [7, 11) is 0. The van der Waals surface area contributed by atoms with Crippen LogP contribution in [0.3, 0.4) is 0 Å². The van der Waals surface area contributed by atoms with Crippen molar-refractivity contribution in [2.45, 2.75) is 26.4 Å². The molecule has 22 heavy (non-hydrogen) atoms. The van der Waals surface area contributed by atoms with Crippen molar-refractivity contribution in [2.24, 2.45) is 5.92 Å². The van der Waals surface area contributed by atoms with Crippen molar-refractivity contribution in [3.05, 3.63) is 40.6 Å². The number of rotatable bonds is 5. The fraction of sp³-hybridized carbons (Fsp3) is 0.500. The Balaban J connectivity index is 1.73. The number of aromatic nitrogens is 2. The number of thiophene rings is 1. The minimum absolute atomic E-state index is 0.179. The van der Waals surface area contributed by atoms with Gasteiger partial charge in [-0.05, 0) is 18.4 Å². The number of carbonyl (C=O) groups excluding carboxylic acids is 1. The van der Waals surface area contributed by atoms with Gasteiger partial charge in [-0.2, -0.15) is 0 Å². The fourth-order valence-electron chi connectivity index (χ4n) is 2.81. The molecule has 0 aromatic carbocycles. The SMILES string of the molecule is CCOC[C@@H]1CN(C(=O)Cc2cccs2)Cc2cncn2C1. The van der Waals surface area contributed by atoms with E-state index in [2.05, 4.69) is 9.55 Å². The van der Waals surface area contributed by atoms with Crippen LogP contribution in [0.4, 0.5) is 0 Å². The Morgan fingerprint density at radius 3 is 3.18 bits per heavy atom. The van der Waals surface area contributed by atoms with Crippen LogP contribution in [0.1, 0.15) is 17.5 Å². The Morgan fingerprint density at radius 2 is 2.41 bits per heavy atom. The number of hydrogen-bond donors (Lipinski definition) is 0. The highest BCUT2D eigenvalue weighted by atomic mass is 32.1. The quantitative estimate of drug-likeness (QED) is 0.849. The van der Waals surface area contributed by atoms with E-state index in [1.54, 1.807) is 11.3 Å². The van der Waals surface area contributed by atoms with E-state index in [0.717, 1.165) is 23.7 Å². The van der Waals surface area contributed by atoms with Gasteiger partial charge in [0.1, 0.15) is 0 Å². The second-order valence-electron chi connectivity index (χ2n) is 5.59. The predicted octanol–water partition coefficient (Wildman–Crippen LogP) is 2.18. The van der Waals surface area contributed by atoms with Crippen molar-refractivity contribution in [1.29, 1.82) is 0 Å². The zero-order valence-electron chi connectivity index (χ0n) is 12.8. The lowest BCUT2D eigenvalue weighted by Gasteiger charge is -2.24. The van der Waals surface area contributed by atoms with Crippen LogP contribution < -0.4 is 0 Å². The first-order chi connectivity index (χ1) is 10.8. The van der Waals surface area contributed by atoms with Crippen LogP contribution in [-0.4, -0.2) is 40.1 Å². The van der Waals surface area contributed by atoms with Crippen LogP contribution in [0, 0.1) is 5.92 Å². The van der Waals surface area contributed by atoms with Crippen LogP contribution in [0.2, 0.25) is 0 Å². The number of hydrogen-bond acceptors (Lipinski definition) is 4. The maximum Gasteiger partial charge on any atom is 0.228 e. The molecule has 3 rings (SSSR count). The summed E-state index contributed by atoms with van der Waals surface area (Å²) in [5.74, 6) is 0.487. The molecular formula is C16H21N3O2S. The number of carbonyl (C=O) groups is 1. The number of fused-ring (bicyclic) bond motifs is 1. The number of amides is 1. The molecule has 0 aliphatic carbocycles. The molecule has 0 saturated carbocycles. The smallest absolute Gasteiger partial charge is 0.228 e. The Labute approximate surface area is 134 Å². The van der Waals surface area contributed by atoms with Crippen molar-refractivity contribution in [3.8, 4) is 0 Å². The van der Waals surface area contributed by atoms with Gasteiger partial charge in [-0.1, -0.05) is 6.07 Å². The third-order valence-electron chi connectivity index (χ3n) is 3.90. The molecule has 0 radical (unpaired) electrons. The lowest BCUT2D eigenvalue weighted by Crippen LogP contribution is -2.36. The third-order valence-corrected chi connectivity index (χ3v) is 4.78. The Morgan fingerprint density at radius 1 is 1.50 bits per heavy atom. The van der Waals surface area contributed by atoms with Crippen molar-refractivity contribution >= 4 is 17.2 Å². The molecule has 1 amide bonds. The molecule has 1 aliphatic heterocycles. The molecule has 0 fully saturated rings. The highest BCUT2D eigenvalue weighted by molar-refractivity contribution is 7.10. The fourth-order valence-corrected chi connectivity index (χ4v) is 3.50. The molecule has 0 bridgehead atoms. The molecule has 118 valence electrons. The van der Waals surface area contributed by atoms with Crippen LogP contribution in [-0.2, 0) is 29.0 Å². The summed E-state index contributed by atoms with van der Waals surface area (Å²) >= 11 is 1.63. The van der Waals surface area contributed by atoms with Gasteiger partial charge in [0, 0.05) is 36.7 Å². The van der Waals surface area contributed by atoms with Crippen molar-refractivity contribution in [3.63, 3.8) is 0 Å². The minimum Gasteiger partial charge on any atom is -0.381 e. The molecule has 0 unspecified atom stereocenters. The van der Waals surface area contributed by atoms with Crippen molar-refractivity contribution in [1.82, 2.24) is 14.5 Å². The van der Waals surface area contributed by atoms with Crippen LogP contribution in [0.25, 0.3) is 0 Å². The van der Waals surface area contributed by atoms with Gasteiger partial charge in [-0.15, -0.1) is 11.3 Å². The van der Waals surface area contributed by atoms with Gasteiger partial charge >= 0.3 is 0 Å². The lowest BCUT2D eigenvalue weighted by atomic mass is 10.1. The average molecular weight is 319 g/mol. The molecule has 0 saturated heterocycles. The molecule has 0 N–H and O–H groups in total. The molecule has 1 atom stereocenters. The summed E-state index contributed by atoms with van der Waals surface area (Å²) < 4.78 is 7.73. The summed E-state index contributed by atoms with van der Waals surface area (Å²) in [5, 5.41) is 2.01. The van der Waals surface area contributed by atoms with E-state index >= 15 is 0 Å². The summed E-state index contributed by atoms with van der Waals surface area (Å²) in [5.41, 5.74) is 1.10. The van der Waals surface area contributed by atoms with Crippen molar-refractivity contribution in [2.75, 3.05) is 19.8 Å². The van der Waals surface area contributed by atoms with Crippen molar-refractivity contribution < 1.29 is 9.53 Å². The Hall–Kier alpha value is -1.66. The topological polar surface area (TPSA) is 47.4 Å². The molecule has 3 heterocycles. The normalized spacial score (nSPS) is 18.0. The Kier molecular flexibility index (Phi) is 4.90. The second kappa shape index (κ2) is 7.07. The monoisotopic (exact) mass is 319 g/mol. The maximum absolute atomic E-state index is 12.6. The molecule has 5 nitrogen and oxygen atoms in total. The van der Waals surface area contributed by atoms with E-state index in [1.165, 1.54) is 0 Å². The van der Waals surface area contributed by atoms with Gasteiger partial charge in [-0.25, -0.2) is 4.98 Å². The number of nitrogens with zero attached hydrogens (tertiary/aromatic N) is 3. The van der Waals surface area contributed by atoms with Gasteiger partial charge in [0.15, 0.2) is 0 Å². The molecule has 2 aromatic heterocycles. The summed E-state index contributed by atoms with van der Waals surface area (Å²) in [6.45, 7) is 5.61. The first kappa shape index (κ1) is 15.2. The highest BCUT2D eigenvalue weighted by Crippen LogP contribution is 2.19.